The second-order valence-electron chi connectivity index (χ2n) is 6.85. The number of rotatable bonds is 3. The number of carbonyl (C=O) groups is 1. The highest BCUT2D eigenvalue weighted by Gasteiger charge is 2.33. The quantitative estimate of drug-likeness (QED) is 0.864. The summed E-state index contributed by atoms with van der Waals surface area (Å²) in [5.41, 5.74) is 1.41. The Labute approximate surface area is 156 Å². The number of carbonyl (C=O) groups excluding carboxylic acids is 1. The average molecular weight is 373 g/mol. The summed E-state index contributed by atoms with van der Waals surface area (Å²) in [4.78, 5) is 25.2. The zero-order valence-corrected chi connectivity index (χ0v) is 15.6. The first-order chi connectivity index (χ1) is 12.7. The van der Waals surface area contributed by atoms with Crippen LogP contribution in [0.3, 0.4) is 0 Å². The molecule has 0 saturated heterocycles. The number of benzene rings is 1. The number of ether oxygens (including phenoxy) is 1. The van der Waals surface area contributed by atoms with E-state index in [0.29, 0.717) is 17.1 Å². The van der Waals surface area contributed by atoms with Gasteiger partial charge >= 0.3 is 0 Å². The largest absolute Gasteiger partial charge is 0.496 e. The molecule has 0 radical (unpaired) electrons. The van der Waals surface area contributed by atoms with Crippen molar-refractivity contribution < 1.29 is 9.53 Å². The predicted molar refractivity (Wildman–Crippen MR) is 103 cm³/mol. The van der Waals surface area contributed by atoms with E-state index in [1.54, 1.807) is 7.11 Å². The third-order valence-corrected chi connectivity index (χ3v) is 6.48. The van der Waals surface area contributed by atoms with Gasteiger partial charge in [0, 0.05) is 5.56 Å². The lowest BCUT2D eigenvalue weighted by Gasteiger charge is -2.25. The molecule has 6 nitrogen and oxygen atoms in total. The molecule has 7 heteroatoms. The van der Waals surface area contributed by atoms with Gasteiger partial charge in [0.2, 0.25) is 5.91 Å². The van der Waals surface area contributed by atoms with Crippen LogP contribution in [0.1, 0.15) is 54.5 Å². The lowest BCUT2D eigenvalue weighted by Crippen LogP contribution is -2.21. The van der Waals surface area contributed by atoms with Gasteiger partial charge in [0.1, 0.15) is 11.6 Å². The number of thioether (sulfide) groups is 1. The number of nitrogens with one attached hydrogen (secondary N) is 2. The molecule has 1 saturated carbocycles. The third kappa shape index (κ3) is 3.05. The zero-order chi connectivity index (χ0) is 18.1. The van der Waals surface area contributed by atoms with Crippen molar-refractivity contribution >= 4 is 23.5 Å². The lowest BCUT2D eigenvalue weighted by molar-refractivity contribution is -0.113. The Bertz CT molecular complexity index is 867. The van der Waals surface area contributed by atoms with Crippen molar-refractivity contribution in [1.82, 2.24) is 9.78 Å². The summed E-state index contributed by atoms with van der Waals surface area (Å²) in [7, 11) is 1.63. The van der Waals surface area contributed by atoms with E-state index in [0.717, 1.165) is 37.0 Å². The van der Waals surface area contributed by atoms with E-state index in [1.165, 1.54) is 18.2 Å². The van der Waals surface area contributed by atoms with Crippen molar-refractivity contribution in [2.45, 2.75) is 43.4 Å². The highest BCUT2D eigenvalue weighted by molar-refractivity contribution is 8.00. The topological polar surface area (TPSA) is 76.1 Å². The molecule has 2 N–H and O–H groups in total. The molecule has 2 aromatic rings. The molecular weight excluding hydrogens is 350 g/mol. The van der Waals surface area contributed by atoms with Gasteiger partial charge in [-0.2, -0.15) is 0 Å². The summed E-state index contributed by atoms with van der Waals surface area (Å²) in [5, 5.41) is 5.74. The minimum absolute atomic E-state index is 0.0720. The molecule has 1 aromatic heterocycles. The van der Waals surface area contributed by atoms with Gasteiger partial charge < -0.3 is 10.1 Å². The van der Waals surface area contributed by atoms with Crippen LogP contribution < -0.4 is 15.6 Å². The highest BCUT2D eigenvalue weighted by Crippen LogP contribution is 2.44. The standard InChI is InChI=1S/C19H23N3O3S/c1-25-14-10-6-5-9-13(14)17-16-18(20-15(23)11-26-17)22(21-19(16)24)12-7-3-2-4-8-12/h5-6,9-10,12,17H,2-4,7-8,11H2,1H3,(H,20,23)(H,21,24)/t17-/m0/s1. The van der Waals surface area contributed by atoms with Gasteiger partial charge in [0.05, 0.1) is 29.7 Å². The van der Waals surface area contributed by atoms with Gasteiger partial charge in [-0.3, -0.25) is 19.4 Å². The Balaban J connectivity index is 1.84. The molecule has 2 aliphatic rings. The smallest absolute Gasteiger partial charge is 0.270 e. The fourth-order valence-electron chi connectivity index (χ4n) is 3.99. The van der Waals surface area contributed by atoms with Gasteiger partial charge in [0.25, 0.3) is 5.56 Å². The second kappa shape index (κ2) is 7.23. The van der Waals surface area contributed by atoms with Crippen molar-refractivity contribution in [2.24, 2.45) is 0 Å². The van der Waals surface area contributed by atoms with Gasteiger partial charge in [-0.25, -0.2) is 0 Å². The number of aromatic amines is 1. The lowest BCUT2D eigenvalue weighted by atomic mass is 9.95. The van der Waals surface area contributed by atoms with Crippen molar-refractivity contribution in [2.75, 3.05) is 18.2 Å². The molecule has 1 fully saturated rings. The van der Waals surface area contributed by atoms with Crippen LogP contribution in [-0.4, -0.2) is 28.6 Å². The molecule has 1 amide bonds. The summed E-state index contributed by atoms with van der Waals surface area (Å²) in [6.07, 6.45) is 5.59. The van der Waals surface area contributed by atoms with Crippen LogP contribution in [0.4, 0.5) is 5.82 Å². The molecule has 1 atom stereocenters. The fourth-order valence-corrected chi connectivity index (χ4v) is 5.14. The first kappa shape index (κ1) is 17.3. The van der Waals surface area contributed by atoms with Crippen molar-refractivity contribution in [3.63, 3.8) is 0 Å². The molecule has 4 rings (SSSR count). The zero-order valence-electron chi connectivity index (χ0n) is 14.8. The van der Waals surface area contributed by atoms with Crippen LogP contribution in [0.5, 0.6) is 5.75 Å². The second-order valence-corrected chi connectivity index (χ2v) is 7.94. The number of hydrogen-bond acceptors (Lipinski definition) is 4. The molecule has 1 aliphatic carbocycles. The van der Waals surface area contributed by atoms with E-state index >= 15 is 0 Å². The van der Waals surface area contributed by atoms with Gasteiger partial charge in [-0.05, 0) is 18.9 Å². The Morgan fingerprint density at radius 3 is 2.69 bits per heavy atom. The number of H-pyrrole nitrogens is 1. The normalized spacial score (nSPS) is 21.0. The van der Waals surface area contributed by atoms with E-state index in [2.05, 4.69) is 10.4 Å². The van der Waals surface area contributed by atoms with E-state index in [-0.39, 0.29) is 22.8 Å². The summed E-state index contributed by atoms with van der Waals surface area (Å²) in [6, 6.07) is 7.94. The molecule has 0 bridgehead atoms. The minimum Gasteiger partial charge on any atom is -0.496 e. The van der Waals surface area contributed by atoms with E-state index in [4.69, 9.17) is 4.74 Å². The summed E-state index contributed by atoms with van der Waals surface area (Å²) >= 11 is 1.47. The van der Waals surface area contributed by atoms with E-state index in [9.17, 15) is 9.59 Å². The van der Waals surface area contributed by atoms with E-state index < -0.39 is 0 Å². The molecule has 1 aliphatic heterocycles. The molecule has 0 unspecified atom stereocenters. The van der Waals surface area contributed by atoms with Crippen molar-refractivity contribution in [3.8, 4) is 5.75 Å². The molecule has 138 valence electrons. The number of hydrogen-bond donors (Lipinski definition) is 2. The number of fused-ring (bicyclic) bond motifs is 1. The van der Waals surface area contributed by atoms with Gasteiger partial charge in [-0.15, -0.1) is 11.8 Å². The minimum atomic E-state index is -0.242. The monoisotopic (exact) mass is 373 g/mol. The SMILES string of the molecule is COc1ccccc1[C@@H]1SCC(=O)Nc2c1c(=O)[nH]n2C1CCCCC1. The molecule has 2 heterocycles. The number of aromatic nitrogens is 2. The first-order valence-corrected chi connectivity index (χ1v) is 10.1. The maximum atomic E-state index is 12.9. The van der Waals surface area contributed by atoms with Crippen LogP contribution >= 0.6 is 11.8 Å². The average Bonchev–Trinajstić information content (AvgIpc) is 2.88. The first-order valence-electron chi connectivity index (χ1n) is 9.08. The summed E-state index contributed by atoms with van der Waals surface area (Å²) in [6.45, 7) is 0. The number of amides is 1. The van der Waals surface area contributed by atoms with Crippen LogP contribution in [0.15, 0.2) is 29.1 Å². The number of anilines is 1. The Morgan fingerprint density at radius 2 is 1.92 bits per heavy atom. The third-order valence-electron chi connectivity index (χ3n) is 5.22. The summed E-state index contributed by atoms with van der Waals surface area (Å²) in [5.74, 6) is 1.60. The Hall–Kier alpha value is -2.15. The van der Waals surface area contributed by atoms with Crippen molar-refractivity contribution in [3.05, 3.63) is 45.7 Å². The molecule has 1 aromatic carbocycles. The van der Waals surface area contributed by atoms with Crippen molar-refractivity contribution in [1.29, 1.82) is 0 Å². The maximum Gasteiger partial charge on any atom is 0.270 e. The fraction of sp³-hybridized carbons (Fsp3) is 0.474. The number of nitrogens with zero attached hydrogens (tertiary/aromatic N) is 1. The molecule has 26 heavy (non-hydrogen) atoms. The van der Waals surface area contributed by atoms with Crippen LogP contribution in [0, 0.1) is 0 Å². The Kier molecular flexibility index (Phi) is 4.80. The maximum absolute atomic E-state index is 12.9. The Morgan fingerprint density at radius 1 is 1.15 bits per heavy atom. The van der Waals surface area contributed by atoms with Crippen LogP contribution in [0.25, 0.3) is 0 Å². The van der Waals surface area contributed by atoms with Gasteiger partial charge in [-0.1, -0.05) is 37.5 Å². The van der Waals surface area contributed by atoms with Crippen LogP contribution in [0.2, 0.25) is 0 Å². The number of methoxy groups -OCH3 is 1. The summed E-state index contributed by atoms with van der Waals surface area (Å²) < 4.78 is 7.41. The highest BCUT2D eigenvalue weighted by atomic mass is 32.2. The number of para-hydroxylation sites is 1. The van der Waals surface area contributed by atoms with E-state index in [1.807, 2.05) is 28.9 Å². The van der Waals surface area contributed by atoms with Crippen LogP contribution in [-0.2, 0) is 4.79 Å². The van der Waals surface area contributed by atoms with Gasteiger partial charge in [0.15, 0.2) is 0 Å². The molecular formula is C19H23N3O3S. The molecule has 0 spiro atoms. The predicted octanol–water partition coefficient (Wildman–Crippen LogP) is 3.46.